The highest BCUT2D eigenvalue weighted by atomic mass is 35.5. The Morgan fingerprint density at radius 3 is 3.00 bits per heavy atom. The fraction of sp³-hybridized carbons (Fsp3) is 0.333. The Labute approximate surface area is 105 Å². The van der Waals surface area contributed by atoms with E-state index in [2.05, 4.69) is 5.32 Å². The number of anilines is 1. The van der Waals surface area contributed by atoms with Crippen LogP contribution in [0.3, 0.4) is 0 Å². The summed E-state index contributed by atoms with van der Waals surface area (Å²) in [6, 6.07) is 5.92. The van der Waals surface area contributed by atoms with Crippen LogP contribution in [0.5, 0.6) is 0 Å². The number of fused-ring (bicyclic) bond motifs is 1. The number of amides is 2. The minimum Gasteiger partial charge on any atom is -0.342 e. The van der Waals surface area contributed by atoms with E-state index in [1.807, 2.05) is 18.2 Å². The van der Waals surface area contributed by atoms with E-state index in [0.29, 0.717) is 19.4 Å². The molecule has 17 heavy (non-hydrogen) atoms. The summed E-state index contributed by atoms with van der Waals surface area (Å²) in [6.45, 7) is 0.505. The maximum absolute atomic E-state index is 11.5. The van der Waals surface area contributed by atoms with Gasteiger partial charge < -0.3 is 10.2 Å². The van der Waals surface area contributed by atoms with Crippen LogP contribution >= 0.6 is 11.6 Å². The van der Waals surface area contributed by atoms with Crippen LogP contribution in [0.4, 0.5) is 10.5 Å². The SMILES string of the molecule is CN1C(=O)Cc2cc(CCNC(=O)Cl)ccc21. The number of nitrogens with zero attached hydrogens (tertiary/aromatic N) is 1. The fourth-order valence-corrected chi connectivity index (χ4v) is 2.08. The second kappa shape index (κ2) is 4.75. The number of hydrogen-bond acceptors (Lipinski definition) is 2. The third kappa shape index (κ3) is 2.58. The molecule has 1 heterocycles. The third-order valence-electron chi connectivity index (χ3n) is 2.90. The second-order valence-corrected chi connectivity index (χ2v) is 4.39. The number of likely N-dealkylation sites (N-methyl/N-ethyl adjacent to an activating group) is 1. The molecule has 1 aromatic carbocycles. The van der Waals surface area contributed by atoms with E-state index in [9.17, 15) is 9.59 Å². The second-order valence-electron chi connectivity index (χ2n) is 4.04. The molecule has 1 aliphatic heterocycles. The van der Waals surface area contributed by atoms with E-state index in [-0.39, 0.29) is 5.91 Å². The molecule has 0 saturated heterocycles. The van der Waals surface area contributed by atoms with Crippen LogP contribution in [0.1, 0.15) is 11.1 Å². The summed E-state index contributed by atoms with van der Waals surface area (Å²) in [5.41, 5.74) is 3.12. The van der Waals surface area contributed by atoms with Gasteiger partial charge in [-0.15, -0.1) is 0 Å². The average Bonchev–Trinajstić information content (AvgIpc) is 2.54. The molecule has 1 N–H and O–H groups in total. The number of carbonyl (C=O) groups excluding carboxylic acids is 2. The van der Waals surface area contributed by atoms with Crippen molar-refractivity contribution in [1.29, 1.82) is 0 Å². The van der Waals surface area contributed by atoms with Crippen LogP contribution in [0.15, 0.2) is 18.2 Å². The van der Waals surface area contributed by atoms with Gasteiger partial charge >= 0.3 is 5.37 Å². The molecule has 2 amide bonds. The predicted molar refractivity (Wildman–Crippen MR) is 66.5 cm³/mol. The molecule has 0 unspecified atom stereocenters. The highest BCUT2D eigenvalue weighted by Gasteiger charge is 2.23. The summed E-state index contributed by atoms with van der Waals surface area (Å²) in [5.74, 6) is 0.117. The van der Waals surface area contributed by atoms with Crippen LogP contribution in [0, 0.1) is 0 Å². The van der Waals surface area contributed by atoms with E-state index in [4.69, 9.17) is 11.6 Å². The summed E-state index contributed by atoms with van der Waals surface area (Å²) in [6.07, 6.45) is 1.17. The number of rotatable bonds is 3. The van der Waals surface area contributed by atoms with Gasteiger partial charge in [-0.25, -0.2) is 0 Å². The molecule has 0 radical (unpaired) electrons. The smallest absolute Gasteiger partial charge is 0.313 e. The molecule has 2 rings (SSSR count). The van der Waals surface area contributed by atoms with Gasteiger partial charge in [0.25, 0.3) is 0 Å². The van der Waals surface area contributed by atoms with Crippen molar-refractivity contribution in [2.75, 3.05) is 18.5 Å². The molecule has 0 atom stereocenters. The molecule has 0 aliphatic carbocycles. The first kappa shape index (κ1) is 11.9. The van der Waals surface area contributed by atoms with Gasteiger partial charge in [0.2, 0.25) is 5.91 Å². The highest BCUT2D eigenvalue weighted by Crippen LogP contribution is 2.28. The van der Waals surface area contributed by atoms with Gasteiger partial charge in [-0.05, 0) is 35.2 Å². The van der Waals surface area contributed by atoms with Crippen molar-refractivity contribution < 1.29 is 9.59 Å². The van der Waals surface area contributed by atoms with Gasteiger partial charge in [0.15, 0.2) is 0 Å². The first-order chi connectivity index (χ1) is 8.08. The van der Waals surface area contributed by atoms with E-state index in [0.717, 1.165) is 16.8 Å². The lowest BCUT2D eigenvalue weighted by Crippen LogP contribution is -2.20. The molecule has 1 aromatic rings. The van der Waals surface area contributed by atoms with Gasteiger partial charge in [-0.2, -0.15) is 0 Å². The Balaban J connectivity index is 2.05. The molecule has 4 nitrogen and oxygen atoms in total. The van der Waals surface area contributed by atoms with Crippen LogP contribution in [0.25, 0.3) is 0 Å². The Kier molecular flexibility index (Phi) is 3.33. The predicted octanol–water partition coefficient (Wildman–Crippen LogP) is 1.70. The first-order valence-electron chi connectivity index (χ1n) is 5.39. The normalized spacial score (nSPS) is 13.8. The average molecular weight is 253 g/mol. The molecular weight excluding hydrogens is 240 g/mol. The fourth-order valence-electron chi connectivity index (χ4n) is 1.98. The number of benzene rings is 1. The Morgan fingerprint density at radius 2 is 2.29 bits per heavy atom. The zero-order valence-electron chi connectivity index (χ0n) is 9.50. The lowest BCUT2D eigenvalue weighted by molar-refractivity contribution is -0.117. The van der Waals surface area contributed by atoms with Crippen LogP contribution in [0.2, 0.25) is 0 Å². The Bertz CT molecular complexity index is 474. The van der Waals surface area contributed by atoms with Crippen molar-refractivity contribution in [3.8, 4) is 0 Å². The summed E-state index contributed by atoms with van der Waals surface area (Å²) >= 11 is 5.17. The molecule has 0 saturated carbocycles. The lowest BCUT2D eigenvalue weighted by atomic mass is 10.1. The molecule has 1 aliphatic rings. The quantitative estimate of drug-likeness (QED) is 0.658. The van der Waals surface area contributed by atoms with Crippen molar-refractivity contribution in [2.24, 2.45) is 0 Å². The van der Waals surface area contributed by atoms with Crippen molar-refractivity contribution in [3.63, 3.8) is 0 Å². The number of halogens is 1. The van der Waals surface area contributed by atoms with Gasteiger partial charge in [-0.1, -0.05) is 12.1 Å². The molecule has 0 spiro atoms. The molecule has 0 aromatic heterocycles. The maximum atomic E-state index is 11.5. The van der Waals surface area contributed by atoms with E-state index >= 15 is 0 Å². The molecular formula is C12H13ClN2O2. The Morgan fingerprint density at radius 1 is 1.53 bits per heavy atom. The largest absolute Gasteiger partial charge is 0.342 e. The summed E-state index contributed by atoms with van der Waals surface area (Å²) in [4.78, 5) is 23.7. The summed E-state index contributed by atoms with van der Waals surface area (Å²) < 4.78 is 0. The van der Waals surface area contributed by atoms with E-state index in [1.165, 1.54) is 0 Å². The number of nitrogens with one attached hydrogen (secondary N) is 1. The van der Waals surface area contributed by atoms with Crippen LogP contribution in [-0.4, -0.2) is 24.9 Å². The molecule has 0 fully saturated rings. The first-order valence-corrected chi connectivity index (χ1v) is 5.77. The summed E-state index contributed by atoms with van der Waals surface area (Å²) in [7, 11) is 1.78. The van der Waals surface area contributed by atoms with Crippen molar-refractivity contribution in [3.05, 3.63) is 29.3 Å². The minimum atomic E-state index is -0.541. The van der Waals surface area contributed by atoms with Crippen molar-refractivity contribution >= 4 is 28.6 Å². The monoisotopic (exact) mass is 252 g/mol. The lowest BCUT2D eigenvalue weighted by Gasteiger charge is -2.10. The number of hydrogen-bond donors (Lipinski definition) is 1. The van der Waals surface area contributed by atoms with Gasteiger partial charge in [0.1, 0.15) is 0 Å². The molecule has 0 bridgehead atoms. The van der Waals surface area contributed by atoms with E-state index < -0.39 is 5.37 Å². The van der Waals surface area contributed by atoms with Crippen LogP contribution in [-0.2, 0) is 17.6 Å². The zero-order valence-corrected chi connectivity index (χ0v) is 10.3. The van der Waals surface area contributed by atoms with Gasteiger partial charge in [-0.3, -0.25) is 9.59 Å². The zero-order chi connectivity index (χ0) is 12.4. The topological polar surface area (TPSA) is 49.4 Å². The summed E-state index contributed by atoms with van der Waals surface area (Å²) in [5, 5.41) is 1.99. The van der Waals surface area contributed by atoms with Crippen molar-refractivity contribution in [1.82, 2.24) is 5.32 Å². The highest BCUT2D eigenvalue weighted by molar-refractivity contribution is 6.62. The van der Waals surface area contributed by atoms with Gasteiger partial charge in [0, 0.05) is 19.3 Å². The van der Waals surface area contributed by atoms with E-state index in [1.54, 1.807) is 11.9 Å². The van der Waals surface area contributed by atoms with Crippen molar-refractivity contribution in [2.45, 2.75) is 12.8 Å². The van der Waals surface area contributed by atoms with Crippen LogP contribution < -0.4 is 10.2 Å². The number of carbonyl (C=O) groups is 2. The maximum Gasteiger partial charge on any atom is 0.313 e. The Hall–Kier alpha value is -1.55. The van der Waals surface area contributed by atoms with Gasteiger partial charge in [0.05, 0.1) is 6.42 Å². The molecule has 90 valence electrons. The third-order valence-corrected chi connectivity index (χ3v) is 3.03. The standard InChI is InChI=1S/C12H13ClN2O2/c1-15-10-3-2-8(4-5-14-12(13)17)6-9(10)7-11(15)16/h2-3,6H,4-5,7H2,1H3,(H,14,17). The molecule has 5 heteroatoms. The minimum absolute atomic E-state index is 0.117.